The van der Waals surface area contributed by atoms with Crippen LogP contribution in [0.3, 0.4) is 0 Å². The smallest absolute Gasteiger partial charge is 0.165 e. The van der Waals surface area contributed by atoms with Gasteiger partial charge in [0, 0.05) is 11.5 Å². The number of hydrogen-bond acceptors (Lipinski definition) is 3. The van der Waals surface area contributed by atoms with Gasteiger partial charge in [-0.2, -0.15) is 0 Å². The van der Waals surface area contributed by atoms with Crippen LogP contribution in [-0.4, -0.2) is 12.2 Å². The van der Waals surface area contributed by atoms with Crippen LogP contribution in [0.1, 0.15) is 29.5 Å². The minimum atomic E-state index is -0.0425. The summed E-state index contributed by atoms with van der Waals surface area (Å²) in [5.74, 6) is 1.39. The van der Waals surface area contributed by atoms with Gasteiger partial charge in [0.05, 0.1) is 13.7 Å². The second-order valence-electron chi connectivity index (χ2n) is 5.13. The van der Waals surface area contributed by atoms with Crippen LogP contribution in [0.25, 0.3) is 0 Å². The van der Waals surface area contributed by atoms with Crippen LogP contribution < -0.4 is 9.47 Å². The normalized spacial score (nSPS) is 11.8. The highest BCUT2D eigenvalue weighted by molar-refractivity contribution is 5.53. The second kappa shape index (κ2) is 7.66. The Morgan fingerprint density at radius 3 is 2.50 bits per heavy atom. The number of rotatable bonds is 7. The van der Waals surface area contributed by atoms with E-state index in [2.05, 4.69) is 6.58 Å². The van der Waals surface area contributed by atoms with Crippen LogP contribution in [0.2, 0.25) is 0 Å². The number of aliphatic hydroxyl groups excluding tert-OH is 1. The fourth-order valence-corrected chi connectivity index (χ4v) is 2.41. The lowest BCUT2D eigenvalue weighted by Crippen LogP contribution is -2.06. The number of benzene rings is 2. The summed E-state index contributed by atoms with van der Waals surface area (Å²) in [5.41, 5.74) is 2.83. The molecule has 0 radical (unpaired) electrons. The number of methoxy groups -OCH3 is 1. The molecule has 3 heteroatoms. The van der Waals surface area contributed by atoms with Crippen LogP contribution in [-0.2, 0) is 13.2 Å². The van der Waals surface area contributed by atoms with E-state index in [1.165, 1.54) is 0 Å². The van der Waals surface area contributed by atoms with Gasteiger partial charge in [0.25, 0.3) is 0 Å². The Bertz CT molecular complexity index is 620. The van der Waals surface area contributed by atoms with E-state index >= 15 is 0 Å². The van der Waals surface area contributed by atoms with E-state index in [1.807, 2.05) is 55.5 Å². The molecule has 3 nitrogen and oxygen atoms in total. The van der Waals surface area contributed by atoms with Crippen LogP contribution >= 0.6 is 0 Å². The summed E-state index contributed by atoms with van der Waals surface area (Å²) in [5, 5.41) is 9.61. The van der Waals surface area contributed by atoms with Gasteiger partial charge in [-0.1, -0.05) is 49.4 Å². The van der Waals surface area contributed by atoms with Crippen LogP contribution in [0, 0.1) is 0 Å². The number of allylic oxidation sites excluding steroid dienone is 1. The zero-order valence-electron chi connectivity index (χ0n) is 13.1. The summed E-state index contributed by atoms with van der Waals surface area (Å²) in [6.07, 6.45) is 1.84. The summed E-state index contributed by atoms with van der Waals surface area (Å²) in [6, 6.07) is 13.6. The molecule has 0 heterocycles. The quantitative estimate of drug-likeness (QED) is 0.784. The van der Waals surface area contributed by atoms with Gasteiger partial charge in [-0.3, -0.25) is 0 Å². The average Bonchev–Trinajstić information content (AvgIpc) is 2.59. The summed E-state index contributed by atoms with van der Waals surface area (Å²) in [7, 11) is 1.62. The lowest BCUT2D eigenvalue weighted by molar-refractivity contribution is 0.267. The molecule has 116 valence electrons. The maximum Gasteiger partial charge on any atom is 0.165 e. The first-order valence-electron chi connectivity index (χ1n) is 7.31. The molecule has 2 aromatic carbocycles. The second-order valence-corrected chi connectivity index (χ2v) is 5.13. The first kappa shape index (κ1) is 16.1. The van der Waals surface area contributed by atoms with Crippen molar-refractivity contribution in [3.63, 3.8) is 0 Å². The third-order valence-electron chi connectivity index (χ3n) is 3.68. The minimum absolute atomic E-state index is 0.0425. The lowest BCUT2D eigenvalue weighted by Gasteiger charge is -2.20. The molecule has 0 bridgehead atoms. The Morgan fingerprint density at radius 2 is 1.91 bits per heavy atom. The molecule has 0 aliphatic carbocycles. The Balaban J connectivity index is 2.39. The van der Waals surface area contributed by atoms with Gasteiger partial charge in [-0.05, 0) is 17.2 Å². The molecule has 0 saturated carbocycles. The van der Waals surface area contributed by atoms with Gasteiger partial charge < -0.3 is 14.6 Å². The Hall–Kier alpha value is -2.26. The topological polar surface area (TPSA) is 38.7 Å². The van der Waals surface area contributed by atoms with Crippen molar-refractivity contribution < 1.29 is 14.6 Å². The van der Waals surface area contributed by atoms with Gasteiger partial charge in [0.1, 0.15) is 6.61 Å². The van der Waals surface area contributed by atoms with E-state index < -0.39 is 0 Å². The summed E-state index contributed by atoms with van der Waals surface area (Å²) in [6.45, 7) is 6.28. The lowest BCUT2D eigenvalue weighted by atomic mass is 9.94. The van der Waals surface area contributed by atoms with E-state index in [0.717, 1.165) is 16.7 Å². The maximum absolute atomic E-state index is 9.61. The molecule has 2 aromatic rings. The summed E-state index contributed by atoms with van der Waals surface area (Å²) >= 11 is 0. The first-order chi connectivity index (χ1) is 10.7. The van der Waals surface area contributed by atoms with Crippen LogP contribution in [0.4, 0.5) is 0 Å². The Kier molecular flexibility index (Phi) is 5.61. The zero-order valence-corrected chi connectivity index (χ0v) is 13.1. The zero-order chi connectivity index (χ0) is 15.9. The number of hydrogen-bond donors (Lipinski definition) is 1. The summed E-state index contributed by atoms with van der Waals surface area (Å²) in [4.78, 5) is 0. The van der Waals surface area contributed by atoms with Crippen molar-refractivity contribution in [2.45, 2.75) is 26.1 Å². The highest BCUT2D eigenvalue weighted by Gasteiger charge is 2.19. The highest BCUT2D eigenvalue weighted by atomic mass is 16.5. The van der Waals surface area contributed by atoms with Gasteiger partial charge >= 0.3 is 0 Å². The molecule has 1 atom stereocenters. The van der Waals surface area contributed by atoms with Gasteiger partial charge in [0.15, 0.2) is 11.5 Å². The molecule has 2 rings (SSSR count). The fourth-order valence-electron chi connectivity index (χ4n) is 2.41. The molecule has 1 N–H and O–H groups in total. The largest absolute Gasteiger partial charge is 0.493 e. The predicted molar refractivity (Wildman–Crippen MR) is 88.3 cm³/mol. The Labute approximate surface area is 131 Å². The molecule has 1 unspecified atom stereocenters. The van der Waals surface area contributed by atoms with E-state index in [0.29, 0.717) is 18.1 Å². The van der Waals surface area contributed by atoms with Crippen molar-refractivity contribution in [2.24, 2.45) is 0 Å². The van der Waals surface area contributed by atoms with Crippen LogP contribution in [0.5, 0.6) is 11.5 Å². The highest BCUT2D eigenvalue weighted by Crippen LogP contribution is 2.39. The monoisotopic (exact) mass is 298 g/mol. The Morgan fingerprint density at radius 1 is 1.18 bits per heavy atom. The molecule has 0 amide bonds. The first-order valence-corrected chi connectivity index (χ1v) is 7.31. The molecule has 0 aliphatic rings. The molecule has 0 aromatic heterocycles. The van der Waals surface area contributed by atoms with Crippen molar-refractivity contribution in [1.29, 1.82) is 0 Å². The third-order valence-corrected chi connectivity index (χ3v) is 3.68. The number of aliphatic hydroxyl groups is 1. The number of ether oxygens (including phenoxy) is 2. The van der Waals surface area contributed by atoms with E-state index in [4.69, 9.17) is 9.47 Å². The molecule has 0 aliphatic heterocycles. The fraction of sp³-hybridized carbons (Fsp3) is 0.263. The van der Waals surface area contributed by atoms with E-state index in [9.17, 15) is 5.11 Å². The van der Waals surface area contributed by atoms with Crippen LogP contribution in [0.15, 0.2) is 55.1 Å². The molecule has 0 fully saturated rings. The molecule has 0 saturated heterocycles. The molecule has 22 heavy (non-hydrogen) atoms. The molecule has 0 spiro atoms. The SMILES string of the molecule is C=CC(C)c1c(CO)ccc(OC)c1OCc1ccccc1. The van der Waals surface area contributed by atoms with Gasteiger partial charge in [-0.15, -0.1) is 6.58 Å². The summed E-state index contributed by atoms with van der Waals surface area (Å²) < 4.78 is 11.5. The van der Waals surface area contributed by atoms with Crippen molar-refractivity contribution >= 4 is 0 Å². The van der Waals surface area contributed by atoms with Crippen molar-refractivity contribution in [3.05, 3.63) is 71.8 Å². The van der Waals surface area contributed by atoms with Crippen molar-refractivity contribution in [3.8, 4) is 11.5 Å². The predicted octanol–water partition coefficient (Wildman–Crippen LogP) is 4.06. The van der Waals surface area contributed by atoms with Gasteiger partial charge in [-0.25, -0.2) is 0 Å². The van der Waals surface area contributed by atoms with E-state index in [1.54, 1.807) is 7.11 Å². The van der Waals surface area contributed by atoms with Gasteiger partial charge in [0.2, 0.25) is 0 Å². The van der Waals surface area contributed by atoms with Crippen molar-refractivity contribution in [1.82, 2.24) is 0 Å². The van der Waals surface area contributed by atoms with E-state index in [-0.39, 0.29) is 12.5 Å². The standard InChI is InChI=1S/C19H22O3/c1-4-14(2)18-16(12-20)10-11-17(21-3)19(18)22-13-15-8-6-5-7-9-15/h4-11,14,20H,1,12-13H2,2-3H3. The third kappa shape index (κ3) is 3.49. The minimum Gasteiger partial charge on any atom is -0.493 e. The molecular weight excluding hydrogens is 276 g/mol. The maximum atomic E-state index is 9.61. The van der Waals surface area contributed by atoms with Crippen molar-refractivity contribution in [2.75, 3.05) is 7.11 Å². The molecular formula is C19H22O3. The average molecular weight is 298 g/mol.